The van der Waals surface area contributed by atoms with E-state index >= 15 is 0 Å². The summed E-state index contributed by atoms with van der Waals surface area (Å²) in [6.45, 7) is 0.806. The van der Waals surface area contributed by atoms with Gasteiger partial charge in [-0.2, -0.15) is 5.10 Å². The average molecular weight is 498 g/mol. The van der Waals surface area contributed by atoms with E-state index in [9.17, 15) is 4.79 Å². The lowest BCUT2D eigenvalue weighted by atomic mass is 9.97. The van der Waals surface area contributed by atoms with Crippen LogP contribution in [-0.4, -0.2) is 42.2 Å². The van der Waals surface area contributed by atoms with Crippen LogP contribution in [0.5, 0.6) is 5.75 Å². The standard InChI is InChI=1S/C30H28ClN3O2/c1-33(19-25-9-5-6-10-27(25)31)20-30(35)34-29(22-13-15-26(36-2)16-14-22)18-28(32-34)24-12-11-21-7-3-4-8-23(21)17-24/h3-17,29H,18-20H2,1-2H3/t29-/m0/s1. The van der Waals surface area contributed by atoms with E-state index in [1.807, 2.05) is 72.6 Å². The number of likely N-dealkylation sites (N-methyl/N-ethyl adjacent to an activating group) is 1. The van der Waals surface area contributed by atoms with Crippen LogP contribution in [-0.2, 0) is 11.3 Å². The third kappa shape index (κ3) is 5.13. The van der Waals surface area contributed by atoms with E-state index in [2.05, 4.69) is 30.3 Å². The third-order valence-electron chi connectivity index (χ3n) is 6.55. The summed E-state index contributed by atoms with van der Waals surface area (Å²) in [5.41, 5.74) is 3.95. The number of rotatable bonds is 7. The number of halogens is 1. The zero-order valence-corrected chi connectivity index (χ0v) is 21.2. The van der Waals surface area contributed by atoms with Gasteiger partial charge in [-0.15, -0.1) is 0 Å². The minimum Gasteiger partial charge on any atom is -0.497 e. The first-order chi connectivity index (χ1) is 17.5. The summed E-state index contributed by atoms with van der Waals surface area (Å²) < 4.78 is 5.33. The molecule has 0 saturated heterocycles. The second-order valence-corrected chi connectivity index (χ2v) is 9.51. The minimum atomic E-state index is -0.182. The number of hydrogen-bond donors (Lipinski definition) is 0. The van der Waals surface area contributed by atoms with Crippen molar-refractivity contribution in [1.82, 2.24) is 9.91 Å². The lowest BCUT2D eigenvalue weighted by Gasteiger charge is -2.25. The maximum absolute atomic E-state index is 13.5. The molecule has 5 nitrogen and oxygen atoms in total. The Morgan fingerprint density at radius 3 is 2.47 bits per heavy atom. The van der Waals surface area contributed by atoms with Crippen LogP contribution in [0, 0.1) is 0 Å². The van der Waals surface area contributed by atoms with Crippen LogP contribution in [0.3, 0.4) is 0 Å². The Kier molecular flexibility index (Phi) is 7.03. The Labute approximate surface area is 216 Å². The van der Waals surface area contributed by atoms with Gasteiger partial charge in [-0.1, -0.05) is 78.3 Å². The number of hydrogen-bond acceptors (Lipinski definition) is 4. The van der Waals surface area contributed by atoms with Crippen LogP contribution in [0.1, 0.15) is 29.2 Å². The quantitative estimate of drug-likeness (QED) is 0.300. The molecule has 0 spiro atoms. The Balaban J connectivity index is 1.42. The molecule has 1 amide bonds. The molecule has 1 aliphatic heterocycles. The molecule has 0 unspecified atom stereocenters. The molecule has 36 heavy (non-hydrogen) atoms. The van der Waals surface area contributed by atoms with Crippen molar-refractivity contribution in [1.29, 1.82) is 0 Å². The van der Waals surface area contributed by atoms with Crippen LogP contribution in [0.25, 0.3) is 10.8 Å². The Bertz CT molecular complexity index is 1420. The first kappa shape index (κ1) is 24.0. The normalized spacial score (nSPS) is 15.4. The molecule has 4 aromatic rings. The zero-order valence-electron chi connectivity index (χ0n) is 20.4. The van der Waals surface area contributed by atoms with E-state index in [1.165, 1.54) is 5.39 Å². The van der Waals surface area contributed by atoms with Gasteiger partial charge in [0.25, 0.3) is 5.91 Å². The van der Waals surface area contributed by atoms with Gasteiger partial charge >= 0.3 is 0 Å². The topological polar surface area (TPSA) is 45.1 Å². The van der Waals surface area contributed by atoms with E-state index in [0.717, 1.165) is 33.5 Å². The van der Waals surface area contributed by atoms with Gasteiger partial charge in [0, 0.05) is 18.0 Å². The molecule has 5 rings (SSSR count). The number of fused-ring (bicyclic) bond motifs is 1. The predicted octanol–water partition coefficient (Wildman–Crippen LogP) is 6.31. The SMILES string of the molecule is COc1ccc([C@@H]2CC(c3ccc4ccccc4c3)=NN2C(=O)CN(C)Cc2ccccc2Cl)cc1. The Morgan fingerprint density at radius 2 is 1.72 bits per heavy atom. The van der Waals surface area contributed by atoms with Crippen molar-refractivity contribution in [2.75, 3.05) is 20.7 Å². The van der Waals surface area contributed by atoms with Gasteiger partial charge in [-0.05, 0) is 58.8 Å². The molecule has 1 aliphatic rings. The molecular weight excluding hydrogens is 470 g/mol. The van der Waals surface area contributed by atoms with E-state index in [-0.39, 0.29) is 18.5 Å². The smallest absolute Gasteiger partial charge is 0.257 e. The summed E-state index contributed by atoms with van der Waals surface area (Å²) in [7, 11) is 3.57. The molecule has 0 fully saturated rings. The Hall–Kier alpha value is -3.67. The van der Waals surface area contributed by atoms with E-state index < -0.39 is 0 Å². The number of hydrazone groups is 1. The molecule has 0 aromatic heterocycles. The van der Waals surface area contributed by atoms with E-state index in [4.69, 9.17) is 21.4 Å². The summed E-state index contributed by atoms with van der Waals surface area (Å²) in [5, 5.41) is 9.54. The monoisotopic (exact) mass is 497 g/mol. The largest absolute Gasteiger partial charge is 0.497 e. The van der Waals surface area contributed by atoms with Crippen LogP contribution in [0.15, 0.2) is 96.1 Å². The fraction of sp³-hybridized carbons (Fsp3) is 0.200. The summed E-state index contributed by atoms with van der Waals surface area (Å²) in [4.78, 5) is 15.5. The van der Waals surface area contributed by atoms with E-state index in [1.54, 1.807) is 12.1 Å². The highest BCUT2D eigenvalue weighted by atomic mass is 35.5. The first-order valence-corrected chi connectivity index (χ1v) is 12.3. The highest BCUT2D eigenvalue weighted by Gasteiger charge is 2.33. The molecule has 0 radical (unpaired) electrons. The average Bonchev–Trinajstić information content (AvgIpc) is 3.35. The van der Waals surface area contributed by atoms with Crippen molar-refractivity contribution >= 4 is 34.0 Å². The summed E-state index contributed by atoms with van der Waals surface area (Å²) in [6.07, 6.45) is 0.643. The van der Waals surface area contributed by atoms with Crippen molar-refractivity contribution in [2.45, 2.75) is 19.0 Å². The second-order valence-electron chi connectivity index (χ2n) is 9.10. The molecule has 6 heteroatoms. The van der Waals surface area contributed by atoms with Gasteiger partial charge in [0.05, 0.1) is 25.4 Å². The number of carbonyl (C=O) groups excluding carboxylic acids is 1. The summed E-state index contributed by atoms with van der Waals surface area (Å²) >= 11 is 6.33. The number of benzene rings is 4. The van der Waals surface area contributed by atoms with Gasteiger partial charge in [0.2, 0.25) is 0 Å². The molecular formula is C30H28ClN3O2. The first-order valence-electron chi connectivity index (χ1n) is 12.0. The maximum atomic E-state index is 13.5. The van der Waals surface area contributed by atoms with Gasteiger partial charge < -0.3 is 4.74 Å². The number of amides is 1. The van der Waals surface area contributed by atoms with Crippen LogP contribution >= 0.6 is 11.6 Å². The lowest BCUT2D eigenvalue weighted by Crippen LogP contribution is -2.36. The van der Waals surface area contributed by atoms with Gasteiger partial charge in [-0.3, -0.25) is 9.69 Å². The van der Waals surface area contributed by atoms with Gasteiger partial charge in [0.15, 0.2) is 0 Å². The highest BCUT2D eigenvalue weighted by molar-refractivity contribution is 6.31. The lowest BCUT2D eigenvalue weighted by molar-refractivity contribution is -0.134. The van der Waals surface area contributed by atoms with Crippen molar-refractivity contribution in [3.05, 3.63) is 113 Å². The van der Waals surface area contributed by atoms with Crippen LogP contribution in [0.4, 0.5) is 0 Å². The second kappa shape index (κ2) is 10.5. The number of carbonyl (C=O) groups is 1. The van der Waals surface area contributed by atoms with Crippen molar-refractivity contribution in [2.24, 2.45) is 5.10 Å². The number of ether oxygens (including phenoxy) is 1. The molecule has 1 heterocycles. The van der Waals surface area contributed by atoms with Gasteiger partial charge in [0.1, 0.15) is 5.75 Å². The molecule has 0 N–H and O–H groups in total. The molecule has 0 bridgehead atoms. The van der Waals surface area contributed by atoms with Crippen LogP contribution < -0.4 is 4.74 Å². The summed E-state index contributed by atoms with van der Waals surface area (Å²) in [6, 6.07) is 30.0. The van der Waals surface area contributed by atoms with Crippen LogP contribution in [0.2, 0.25) is 5.02 Å². The van der Waals surface area contributed by atoms with Crippen molar-refractivity contribution in [3.8, 4) is 5.75 Å². The minimum absolute atomic E-state index is 0.0545. The van der Waals surface area contributed by atoms with Crippen molar-refractivity contribution < 1.29 is 9.53 Å². The molecule has 1 atom stereocenters. The highest BCUT2D eigenvalue weighted by Crippen LogP contribution is 2.34. The molecule has 0 saturated carbocycles. The summed E-state index contributed by atoms with van der Waals surface area (Å²) in [5.74, 6) is 0.728. The van der Waals surface area contributed by atoms with Crippen molar-refractivity contribution in [3.63, 3.8) is 0 Å². The van der Waals surface area contributed by atoms with E-state index in [0.29, 0.717) is 18.0 Å². The third-order valence-corrected chi connectivity index (χ3v) is 6.92. The predicted molar refractivity (Wildman–Crippen MR) is 145 cm³/mol. The molecule has 182 valence electrons. The molecule has 0 aliphatic carbocycles. The van der Waals surface area contributed by atoms with Gasteiger partial charge in [-0.25, -0.2) is 5.01 Å². The fourth-order valence-electron chi connectivity index (χ4n) is 4.65. The fourth-order valence-corrected chi connectivity index (χ4v) is 4.84. The number of methoxy groups -OCH3 is 1. The Morgan fingerprint density at radius 1 is 1.00 bits per heavy atom. The number of nitrogens with zero attached hydrogens (tertiary/aromatic N) is 3. The molecule has 4 aromatic carbocycles. The maximum Gasteiger partial charge on any atom is 0.257 e. The zero-order chi connectivity index (χ0) is 25.1.